The summed E-state index contributed by atoms with van der Waals surface area (Å²) in [5.41, 5.74) is 0.672. The van der Waals surface area contributed by atoms with Crippen molar-refractivity contribution in [3.8, 4) is 11.5 Å². The van der Waals surface area contributed by atoms with Gasteiger partial charge in [0.05, 0.1) is 19.1 Å². The number of amides is 3. The van der Waals surface area contributed by atoms with Crippen molar-refractivity contribution in [3.05, 3.63) is 40.2 Å². The van der Waals surface area contributed by atoms with Gasteiger partial charge in [-0.2, -0.15) is 0 Å². The minimum atomic E-state index is -0.519. The molecule has 1 fully saturated rings. The molecule has 8 nitrogen and oxygen atoms in total. The molecule has 0 atom stereocenters. The standard InChI is InChI=1S/C17H15N3O5S2/c1-24-11-4-3-10(7-12(11)25-2)8-13-15(22)20(17(23)27-13)9-14(21)19-16-18-5-6-26-16/h3-8H,9H2,1-2H3,(H,18,19,21). The van der Waals surface area contributed by atoms with Crippen molar-refractivity contribution in [1.82, 2.24) is 9.88 Å². The van der Waals surface area contributed by atoms with E-state index in [0.717, 1.165) is 16.7 Å². The second-order valence-corrected chi connectivity index (χ2v) is 7.16. The fraction of sp³-hybridized carbons (Fsp3) is 0.176. The summed E-state index contributed by atoms with van der Waals surface area (Å²) in [5.74, 6) is 0.0589. The lowest BCUT2D eigenvalue weighted by atomic mass is 10.2. The second kappa shape index (κ2) is 8.23. The van der Waals surface area contributed by atoms with E-state index in [9.17, 15) is 14.4 Å². The molecule has 1 aliphatic heterocycles. The van der Waals surface area contributed by atoms with Crippen molar-refractivity contribution in [1.29, 1.82) is 0 Å². The lowest BCUT2D eigenvalue weighted by Gasteiger charge is -2.11. The maximum Gasteiger partial charge on any atom is 0.294 e. The molecular weight excluding hydrogens is 390 g/mol. The normalized spacial score (nSPS) is 15.3. The number of nitrogens with zero attached hydrogens (tertiary/aromatic N) is 2. The molecule has 3 amide bonds. The Morgan fingerprint density at radius 2 is 2.04 bits per heavy atom. The lowest BCUT2D eigenvalue weighted by molar-refractivity contribution is -0.127. The third-order valence-corrected chi connectivity index (χ3v) is 5.16. The Labute approximate surface area is 163 Å². The van der Waals surface area contributed by atoms with Gasteiger partial charge in [-0.05, 0) is 35.5 Å². The Morgan fingerprint density at radius 1 is 1.26 bits per heavy atom. The summed E-state index contributed by atoms with van der Waals surface area (Å²) < 4.78 is 10.4. The monoisotopic (exact) mass is 405 g/mol. The minimum absolute atomic E-state index is 0.231. The van der Waals surface area contributed by atoms with Gasteiger partial charge in [-0.15, -0.1) is 11.3 Å². The van der Waals surface area contributed by atoms with Crippen molar-refractivity contribution in [2.45, 2.75) is 0 Å². The van der Waals surface area contributed by atoms with E-state index in [2.05, 4.69) is 10.3 Å². The minimum Gasteiger partial charge on any atom is -0.493 e. The number of thiazole rings is 1. The zero-order valence-electron chi connectivity index (χ0n) is 14.4. The molecule has 2 aromatic rings. The quantitative estimate of drug-likeness (QED) is 0.738. The maximum atomic E-state index is 12.5. The van der Waals surface area contributed by atoms with Crippen LogP contribution in [0.1, 0.15) is 5.56 Å². The molecule has 0 aliphatic carbocycles. The first-order valence-electron chi connectivity index (χ1n) is 7.68. The molecule has 0 bridgehead atoms. The molecule has 1 aromatic carbocycles. The van der Waals surface area contributed by atoms with Gasteiger partial charge in [-0.25, -0.2) is 4.98 Å². The van der Waals surface area contributed by atoms with Crippen LogP contribution in [0.2, 0.25) is 0 Å². The van der Waals surface area contributed by atoms with Crippen LogP contribution in [0.4, 0.5) is 9.93 Å². The van der Waals surface area contributed by atoms with E-state index in [-0.39, 0.29) is 11.4 Å². The summed E-state index contributed by atoms with van der Waals surface area (Å²) in [7, 11) is 3.04. The van der Waals surface area contributed by atoms with E-state index in [1.54, 1.807) is 35.9 Å². The van der Waals surface area contributed by atoms with Crippen LogP contribution >= 0.6 is 23.1 Å². The summed E-state index contributed by atoms with van der Waals surface area (Å²) in [6.07, 6.45) is 3.12. The van der Waals surface area contributed by atoms with Crippen LogP contribution in [0.15, 0.2) is 34.7 Å². The number of benzene rings is 1. The predicted octanol–water partition coefficient (Wildman–Crippen LogP) is 2.84. The molecule has 0 radical (unpaired) electrons. The van der Waals surface area contributed by atoms with Crippen LogP contribution in [0.3, 0.4) is 0 Å². The van der Waals surface area contributed by atoms with Gasteiger partial charge in [-0.1, -0.05) is 6.07 Å². The number of aromatic nitrogens is 1. The summed E-state index contributed by atoms with van der Waals surface area (Å²) in [4.78, 5) is 41.7. The average Bonchev–Trinajstić information content (AvgIpc) is 3.25. The Hall–Kier alpha value is -2.85. The highest BCUT2D eigenvalue weighted by Gasteiger charge is 2.36. The van der Waals surface area contributed by atoms with Crippen LogP contribution < -0.4 is 14.8 Å². The highest BCUT2D eigenvalue weighted by Crippen LogP contribution is 2.34. The van der Waals surface area contributed by atoms with Crippen LogP contribution in [0.25, 0.3) is 6.08 Å². The van der Waals surface area contributed by atoms with E-state index in [4.69, 9.17) is 9.47 Å². The third-order valence-electron chi connectivity index (χ3n) is 3.56. The molecule has 3 rings (SSSR count). The van der Waals surface area contributed by atoms with Gasteiger partial charge >= 0.3 is 0 Å². The average molecular weight is 405 g/mol. The zero-order valence-corrected chi connectivity index (χ0v) is 16.1. The fourth-order valence-electron chi connectivity index (χ4n) is 2.32. The molecule has 2 heterocycles. The first-order valence-corrected chi connectivity index (χ1v) is 9.38. The lowest BCUT2D eigenvalue weighted by Crippen LogP contribution is -2.36. The number of rotatable bonds is 6. The van der Waals surface area contributed by atoms with Crippen molar-refractivity contribution in [2.75, 3.05) is 26.1 Å². The number of carbonyl (C=O) groups excluding carboxylic acids is 3. The number of carbonyl (C=O) groups is 3. The van der Waals surface area contributed by atoms with E-state index in [1.807, 2.05) is 0 Å². The molecule has 140 valence electrons. The van der Waals surface area contributed by atoms with E-state index < -0.39 is 17.1 Å². The van der Waals surface area contributed by atoms with Crippen molar-refractivity contribution >= 4 is 51.4 Å². The first kappa shape index (κ1) is 18.9. The number of imide groups is 1. The van der Waals surface area contributed by atoms with Gasteiger partial charge in [0.15, 0.2) is 16.6 Å². The molecule has 0 unspecified atom stereocenters. The Morgan fingerprint density at radius 3 is 2.70 bits per heavy atom. The summed E-state index contributed by atoms with van der Waals surface area (Å²) in [6.45, 7) is -0.368. The number of nitrogens with one attached hydrogen (secondary N) is 1. The molecule has 1 aromatic heterocycles. The molecule has 0 spiro atoms. The number of hydrogen-bond donors (Lipinski definition) is 1. The second-order valence-electron chi connectivity index (χ2n) is 5.27. The Balaban J connectivity index is 1.73. The van der Waals surface area contributed by atoms with Gasteiger partial charge in [0.1, 0.15) is 6.54 Å². The van der Waals surface area contributed by atoms with Crippen molar-refractivity contribution < 1.29 is 23.9 Å². The molecule has 1 saturated heterocycles. The van der Waals surface area contributed by atoms with Gasteiger partial charge < -0.3 is 14.8 Å². The number of anilines is 1. The van der Waals surface area contributed by atoms with Gasteiger partial charge in [0.25, 0.3) is 11.1 Å². The van der Waals surface area contributed by atoms with Crippen molar-refractivity contribution in [3.63, 3.8) is 0 Å². The maximum absolute atomic E-state index is 12.5. The summed E-state index contributed by atoms with van der Waals surface area (Å²) in [6, 6.07) is 5.14. The topological polar surface area (TPSA) is 97.8 Å². The van der Waals surface area contributed by atoms with Gasteiger partial charge in [0, 0.05) is 11.6 Å². The van der Waals surface area contributed by atoms with E-state index >= 15 is 0 Å². The van der Waals surface area contributed by atoms with Crippen molar-refractivity contribution in [2.24, 2.45) is 0 Å². The highest BCUT2D eigenvalue weighted by atomic mass is 32.2. The SMILES string of the molecule is COc1ccc(C=C2SC(=O)N(CC(=O)Nc3nccs3)C2=O)cc1OC. The van der Waals surface area contributed by atoms with Crippen LogP contribution in [-0.2, 0) is 9.59 Å². The summed E-state index contributed by atoms with van der Waals surface area (Å²) in [5, 5.41) is 4.17. The predicted molar refractivity (Wildman–Crippen MR) is 103 cm³/mol. The molecule has 10 heteroatoms. The molecule has 1 N–H and O–H groups in total. The first-order chi connectivity index (χ1) is 13.0. The molecule has 0 saturated carbocycles. The highest BCUT2D eigenvalue weighted by molar-refractivity contribution is 8.18. The number of ether oxygens (including phenoxy) is 2. The Bertz CT molecular complexity index is 911. The largest absolute Gasteiger partial charge is 0.493 e. The van der Waals surface area contributed by atoms with E-state index in [0.29, 0.717) is 22.2 Å². The molecular formula is C17H15N3O5S2. The number of thioether (sulfide) groups is 1. The third kappa shape index (κ3) is 4.29. The van der Waals surface area contributed by atoms with Crippen LogP contribution in [0.5, 0.6) is 11.5 Å². The Kier molecular flexibility index (Phi) is 5.77. The van der Waals surface area contributed by atoms with Crippen LogP contribution in [0, 0.1) is 0 Å². The van der Waals surface area contributed by atoms with E-state index in [1.165, 1.54) is 25.6 Å². The fourth-order valence-corrected chi connectivity index (χ4v) is 3.70. The van der Waals surface area contributed by atoms with Gasteiger partial charge in [0.2, 0.25) is 5.91 Å². The molecule has 1 aliphatic rings. The summed E-state index contributed by atoms with van der Waals surface area (Å²) >= 11 is 2.03. The van der Waals surface area contributed by atoms with Gasteiger partial charge in [-0.3, -0.25) is 19.3 Å². The van der Waals surface area contributed by atoms with Crippen LogP contribution in [-0.4, -0.2) is 47.7 Å². The smallest absolute Gasteiger partial charge is 0.294 e. The molecule has 27 heavy (non-hydrogen) atoms. The number of hydrogen-bond acceptors (Lipinski definition) is 8. The number of methoxy groups -OCH3 is 2. The zero-order chi connectivity index (χ0) is 19.4.